The second kappa shape index (κ2) is 7.04. The highest BCUT2D eigenvalue weighted by Gasteiger charge is 2.02. The van der Waals surface area contributed by atoms with Gasteiger partial charge in [0.25, 0.3) is 0 Å². The van der Waals surface area contributed by atoms with Crippen LogP contribution in [0.5, 0.6) is 5.75 Å². The molecule has 0 aliphatic rings. The fourth-order valence-electron chi connectivity index (χ4n) is 1.74. The number of pyridine rings is 1. The molecule has 0 bridgehead atoms. The Morgan fingerprint density at radius 2 is 2.19 bits per heavy atom. The van der Waals surface area contributed by atoms with Crippen LogP contribution in [0.2, 0.25) is 0 Å². The molecule has 4 nitrogen and oxygen atoms in total. The molecule has 0 radical (unpaired) electrons. The third-order valence-electron chi connectivity index (χ3n) is 2.71. The number of ether oxygens (including phenoxy) is 1. The number of carboxylic acid groups (broad SMARTS) is 1. The highest BCUT2D eigenvalue weighted by atomic mass is 79.9. The van der Waals surface area contributed by atoms with Crippen LogP contribution in [0.3, 0.4) is 0 Å². The summed E-state index contributed by atoms with van der Waals surface area (Å²) in [5.74, 6) is -0.330. The van der Waals surface area contributed by atoms with E-state index in [1.54, 1.807) is 6.07 Å². The first-order valence-electron chi connectivity index (χ1n) is 6.30. The summed E-state index contributed by atoms with van der Waals surface area (Å²) in [4.78, 5) is 14.9. The van der Waals surface area contributed by atoms with E-state index in [0.717, 1.165) is 27.5 Å². The SMILES string of the molecule is Cc1cccc(COc2ccc(Br)c(/C=C/C(=O)O)c2)n1. The Kier molecular flexibility index (Phi) is 5.11. The van der Waals surface area contributed by atoms with Crippen LogP contribution in [0.15, 0.2) is 46.9 Å². The Bertz CT molecular complexity index is 683. The second-order valence-electron chi connectivity index (χ2n) is 4.41. The first kappa shape index (κ1) is 15.3. The minimum absolute atomic E-state index is 0.366. The van der Waals surface area contributed by atoms with E-state index >= 15 is 0 Å². The minimum atomic E-state index is -0.989. The molecule has 5 heteroatoms. The molecular formula is C16H14BrNO3. The number of aryl methyl sites for hydroxylation is 1. The van der Waals surface area contributed by atoms with E-state index in [0.29, 0.717) is 12.4 Å². The molecule has 21 heavy (non-hydrogen) atoms. The van der Waals surface area contributed by atoms with Gasteiger partial charge in [0, 0.05) is 16.2 Å². The van der Waals surface area contributed by atoms with Gasteiger partial charge in [0.1, 0.15) is 12.4 Å². The largest absolute Gasteiger partial charge is 0.487 e. The predicted molar refractivity (Wildman–Crippen MR) is 84.1 cm³/mol. The van der Waals surface area contributed by atoms with Crippen molar-refractivity contribution >= 4 is 28.0 Å². The molecule has 108 valence electrons. The van der Waals surface area contributed by atoms with E-state index in [2.05, 4.69) is 20.9 Å². The molecule has 2 rings (SSSR count). The summed E-state index contributed by atoms with van der Waals surface area (Å²) in [6, 6.07) is 11.2. The third kappa shape index (κ3) is 4.72. The van der Waals surface area contributed by atoms with Gasteiger partial charge in [-0.1, -0.05) is 22.0 Å². The lowest BCUT2D eigenvalue weighted by atomic mass is 10.2. The Morgan fingerprint density at radius 3 is 2.90 bits per heavy atom. The highest BCUT2D eigenvalue weighted by Crippen LogP contribution is 2.24. The summed E-state index contributed by atoms with van der Waals surface area (Å²) in [6.07, 6.45) is 2.61. The summed E-state index contributed by atoms with van der Waals surface area (Å²) < 4.78 is 6.49. The molecule has 0 saturated carbocycles. The molecule has 0 spiro atoms. The van der Waals surface area contributed by atoms with Gasteiger partial charge >= 0.3 is 5.97 Å². The monoisotopic (exact) mass is 347 g/mol. The van der Waals surface area contributed by atoms with E-state index in [-0.39, 0.29) is 0 Å². The molecule has 1 aromatic heterocycles. The van der Waals surface area contributed by atoms with Crippen LogP contribution in [-0.2, 0) is 11.4 Å². The van der Waals surface area contributed by atoms with Crippen molar-refractivity contribution in [3.8, 4) is 5.75 Å². The van der Waals surface area contributed by atoms with E-state index in [1.165, 1.54) is 6.08 Å². The van der Waals surface area contributed by atoms with Gasteiger partial charge in [0.15, 0.2) is 0 Å². The molecule has 2 aromatic rings. The topological polar surface area (TPSA) is 59.4 Å². The van der Waals surface area contributed by atoms with E-state index in [4.69, 9.17) is 9.84 Å². The Balaban J connectivity index is 2.10. The third-order valence-corrected chi connectivity index (χ3v) is 3.43. The first-order chi connectivity index (χ1) is 10.0. The number of nitrogens with zero attached hydrogens (tertiary/aromatic N) is 1. The zero-order valence-corrected chi connectivity index (χ0v) is 13.0. The van der Waals surface area contributed by atoms with Gasteiger partial charge in [0.05, 0.1) is 5.69 Å². The lowest BCUT2D eigenvalue weighted by Crippen LogP contribution is -1.99. The van der Waals surface area contributed by atoms with Crippen molar-refractivity contribution in [1.82, 2.24) is 4.98 Å². The minimum Gasteiger partial charge on any atom is -0.487 e. The molecule has 1 heterocycles. The van der Waals surface area contributed by atoms with Crippen LogP contribution >= 0.6 is 15.9 Å². The van der Waals surface area contributed by atoms with Crippen LogP contribution in [0.25, 0.3) is 6.08 Å². The van der Waals surface area contributed by atoms with Crippen molar-refractivity contribution in [2.45, 2.75) is 13.5 Å². The van der Waals surface area contributed by atoms with E-state index in [9.17, 15) is 4.79 Å². The smallest absolute Gasteiger partial charge is 0.328 e. The maximum Gasteiger partial charge on any atom is 0.328 e. The number of hydrogen-bond acceptors (Lipinski definition) is 3. The summed E-state index contributed by atoms with van der Waals surface area (Å²) in [7, 11) is 0. The van der Waals surface area contributed by atoms with Crippen molar-refractivity contribution in [2.24, 2.45) is 0 Å². The van der Waals surface area contributed by atoms with Gasteiger partial charge in [-0.05, 0) is 48.9 Å². The quantitative estimate of drug-likeness (QED) is 0.835. The van der Waals surface area contributed by atoms with Gasteiger partial charge in [-0.25, -0.2) is 4.79 Å². The summed E-state index contributed by atoms with van der Waals surface area (Å²) in [6.45, 7) is 2.29. The number of aliphatic carboxylic acids is 1. The zero-order valence-electron chi connectivity index (χ0n) is 11.4. The van der Waals surface area contributed by atoms with Crippen LogP contribution in [0.4, 0.5) is 0 Å². The van der Waals surface area contributed by atoms with Crippen LogP contribution in [0.1, 0.15) is 17.0 Å². The fraction of sp³-hybridized carbons (Fsp3) is 0.125. The van der Waals surface area contributed by atoms with E-state index < -0.39 is 5.97 Å². The van der Waals surface area contributed by atoms with Gasteiger partial charge < -0.3 is 9.84 Å². The molecule has 0 atom stereocenters. The second-order valence-corrected chi connectivity index (χ2v) is 5.27. The molecule has 1 N–H and O–H groups in total. The summed E-state index contributed by atoms with van der Waals surface area (Å²) >= 11 is 3.37. The molecule has 0 unspecified atom stereocenters. The highest BCUT2D eigenvalue weighted by molar-refractivity contribution is 9.10. The molecular weight excluding hydrogens is 334 g/mol. The molecule has 0 aliphatic heterocycles. The van der Waals surface area contributed by atoms with Gasteiger partial charge in [-0.3, -0.25) is 4.98 Å². The fourth-order valence-corrected chi connectivity index (χ4v) is 2.12. The number of halogens is 1. The Labute approximate surface area is 131 Å². The van der Waals surface area contributed by atoms with Gasteiger partial charge in [-0.2, -0.15) is 0 Å². The number of benzene rings is 1. The summed E-state index contributed by atoms with van der Waals surface area (Å²) in [5, 5.41) is 8.67. The van der Waals surface area contributed by atoms with Gasteiger partial charge in [-0.15, -0.1) is 0 Å². The molecule has 0 aliphatic carbocycles. The van der Waals surface area contributed by atoms with Crippen LogP contribution < -0.4 is 4.74 Å². The van der Waals surface area contributed by atoms with Gasteiger partial charge in [0.2, 0.25) is 0 Å². The lowest BCUT2D eigenvalue weighted by molar-refractivity contribution is -0.131. The number of hydrogen-bond donors (Lipinski definition) is 1. The Hall–Kier alpha value is -2.14. The number of rotatable bonds is 5. The molecule has 0 fully saturated rings. The van der Waals surface area contributed by atoms with E-state index in [1.807, 2.05) is 37.3 Å². The standard InChI is InChI=1S/C16H14BrNO3/c1-11-3-2-4-13(18-11)10-21-14-6-7-15(17)12(9-14)5-8-16(19)20/h2-9H,10H2,1H3,(H,19,20)/b8-5+. The molecule has 1 aromatic carbocycles. The first-order valence-corrected chi connectivity index (χ1v) is 7.10. The van der Waals surface area contributed by atoms with Crippen molar-refractivity contribution in [2.75, 3.05) is 0 Å². The van der Waals surface area contributed by atoms with Crippen molar-refractivity contribution in [3.05, 3.63) is 63.9 Å². The van der Waals surface area contributed by atoms with Crippen LogP contribution in [0, 0.1) is 6.92 Å². The number of aromatic nitrogens is 1. The van der Waals surface area contributed by atoms with Crippen molar-refractivity contribution < 1.29 is 14.6 Å². The maximum absolute atomic E-state index is 10.6. The maximum atomic E-state index is 10.6. The average Bonchev–Trinajstić information content (AvgIpc) is 2.45. The average molecular weight is 348 g/mol. The summed E-state index contributed by atoms with van der Waals surface area (Å²) in [5.41, 5.74) is 2.53. The lowest BCUT2D eigenvalue weighted by Gasteiger charge is -2.08. The zero-order chi connectivity index (χ0) is 15.2. The number of carbonyl (C=O) groups is 1. The van der Waals surface area contributed by atoms with Crippen molar-refractivity contribution in [3.63, 3.8) is 0 Å². The molecule has 0 amide bonds. The predicted octanol–water partition coefficient (Wildman–Crippen LogP) is 3.83. The number of carboxylic acids is 1. The Morgan fingerprint density at radius 1 is 1.38 bits per heavy atom. The van der Waals surface area contributed by atoms with Crippen molar-refractivity contribution in [1.29, 1.82) is 0 Å². The molecule has 0 saturated heterocycles. The van der Waals surface area contributed by atoms with Crippen LogP contribution in [-0.4, -0.2) is 16.1 Å². The normalized spacial score (nSPS) is 10.8.